The molecule has 2 unspecified atom stereocenters. The average Bonchev–Trinajstić information content (AvgIpc) is 2.88. The number of nitrogens with one attached hydrogen (secondary N) is 1. The second-order valence-corrected chi connectivity index (χ2v) is 5.48. The molecule has 110 valence electrons. The summed E-state index contributed by atoms with van der Waals surface area (Å²) >= 11 is 5.96. The van der Waals surface area contributed by atoms with Gasteiger partial charge in [0, 0.05) is 18.6 Å². The lowest BCUT2D eigenvalue weighted by atomic mass is 10.1. The molecule has 2 N–H and O–H groups in total. The van der Waals surface area contributed by atoms with Crippen molar-refractivity contribution < 1.29 is 14.6 Å². The quantitative estimate of drug-likeness (QED) is 0.847. The SMILES string of the molecule is O=C(CCOc1ccccc1Cl)NC1CCCC1CO. The number of carbonyl (C=O) groups excluding carboxylic acids is 1. The predicted molar refractivity (Wildman–Crippen MR) is 77.9 cm³/mol. The molecule has 2 atom stereocenters. The van der Waals surface area contributed by atoms with Gasteiger partial charge in [0.25, 0.3) is 0 Å². The van der Waals surface area contributed by atoms with Gasteiger partial charge in [0.05, 0.1) is 18.1 Å². The van der Waals surface area contributed by atoms with E-state index in [9.17, 15) is 9.90 Å². The van der Waals surface area contributed by atoms with E-state index in [1.54, 1.807) is 12.1 Å². The minimum Gasteiger partial charge on any atom is -0.491 e. The summed E-state index contributed by atoms with van der Waals surface area (Å²) in [5.74, 6) is 0.752. The number of hydrogen-bond donors (Lipinski definition) is 2. The monoisotopic (exact) mass is 297 g/mol. The van der Waals surface area contributed by atoms with Crippen molar-refractivity contribution in [2.24, 2.45) is 5.92 Å². The molecular formula is C15H20ClNO3. The summed E-state index contributed by atoms with van der Waals surface area (Å²) in [7, 11) is 0. The molecule has 0 aromatic heterocycles. The Hall–Kier alpha value is -1.26. The number of amides is 1. The topological polar surface area (TPSA) is 58.6 Å². The summed E-state index contributed by atoms with van der Waals surface area (Å²) in [6.07, 6.45) is 3.28. The Morgan fingerprint density at radius 2 is 2.20 bits per heavy atom. The van der Waals surface area contributed by atoms with Gasteiger partial charge < -0.3 is 15.2 Å². The highest BCUT2D eigenvalue weighted by molar-refractivity contribution is 6.32. The van der Waals surface area contributed by atoms with E-state index < -0.39 is 0 Å². The number of hydrogen-bond acceptors (Lipinski definition) is 3. The molecule has 1 aromatic carbocycles. The summed E-state index contributed by atoms with van der Waals surface area (Å²) in [6, 6.07) is 7.30. The van der Waals surface area contributed by atoms with Crippen LogP contribution in [-0.2, 0) is 4.79 Å². The number of ether oxygens (including phenoxy) is 1. The van der Waals surface area contributed by atoms with Gasteiger partial charge in [-0.1, -0.05) is 30.2 Å². The van der Waals surface area contributed by atoms with Crippen LogP contribution in [0.4, 0.5) is 0 Å². The molecule has 0 aliphatic heterocycles. The lowest BCUT2D eigenvalue weighted by Gasteiger charge is -2.19. The summed E-state index contributed by atoms with van der Waals surface area (Å²) in [4.78, 5) is 11.8. The van der Waals surface area contributed by atoms with Crippen molar-refractivity contribution in [1.82, 2.24) is 5.32 Å². The average molecular weight is 298 g/mol. The highest BCUT2D eigenvalue weighted by atomic mass is 35.5. The maximum Gasteiger partial charge on any atom is 0.223 e. The Labute approximate surface area is 124 Å². The van der Waals surface area contributed by atoms with Gasteiger partial charge in [-0.25, -0.2) is 0 Å². The van der Waals surface area contributed by atoms with Crippen LogP contribution in [0.5, 0.6) is 5.75 Å². The van der Waals surface area contributed by atoms with Gasteiger partial charge in [0.2, 0.25) is 5.91 Å². The van der Waals surface area contributed by atoms with E-state index in [4.69, 9.17) is 16.3 Å². The fourth-order valence-electron chi connectivity index (χ4n) is 2.54. The van der Waals surface area contributed by atoms with E-state index in [1.807, 2.05) is 12.1 Å². The zero-order valence-electron chi connectivity index (χ0n) is 11.3. The van der Waals surface area contributed by atoms with Crippen molar-refractivity contribution in [3.63, 3.8) is 0 Å². The van der Waals surface area contributed by atoms with Gasteiger partial charge in [-0.15, -0.1) is 0 Å². The van der Waals surface area contributed by atoms with Gasteiger partial charge in [0.1, 0.15) is 5.75 Å². The molecule has 5 heteroatoms. The number of para-hydroxylation sites is 1. The first kappa shape index (κ1) is 15.1. The van der Waals surface area contributed by atoms with Gasteiger partial charge >= 0.3 is 0 Å². The van der Waals surface area contributed by atoms with Crippen LogP contribution in [0.2, 0.25) is 5.02 Å². The first-order valence-corrected chi connectivity index (χ1v) is 7.36. The van der Waals surface area contributed by atoms with Crippen molar-refractivity contribution in [3.8, 4) is 5.75 Å². The van der Waals surface area contributed by atoms with Gasteiger partial charge in [-0.3, -0.25) is 4.79 Å². The van der Waals surface area contributed by atoms with Crippen LogP contribution in [0.25, 0.3) is 0 Å². The van der Waals surface area contributed by atoms with Crippen molar-refractivity contribution in [2.75, 3.05) is 13.2 Å². The molecule has 4 nitrogen and oxygen atoms in total. The van der Waals surface area contributed by atoms with Crippen LogP contribution < -0.4 is 10.1 Å². The summed E-state index contributed by atoms with van der Waals surface area (Å²) in [5.41, 5.74) is 0. The number of benzene rings is 1. The maximum absolute atomic E-state index is 11.8. The Morgan fingerprint density at radius 1 is 1.40 bits per heavy atom. The van der Waals surface area contributed by atoms with E-state index >= 15 is 0 Å². The lowest BCUT2D eigenvalue weighted by molar-refractivity contribution is -0.122. The third-order valence-corrected chi connectivity index (χ3v) is 3.98. The fourth-order valence-corrected chi connectivity index (χ4v) is 2.73. The zero-order chi connectivity index (χ0) is 14.4. The van der Waals surface area contributed by atoms with Crippen LogP contribution in [-0.4, -0.2) is 30.3 Å². The molecule has 1 fully saturated rings. The minimum absolute atomic E-state index is 0.0394. The molecule has 0 bridgehead atoms. The fraction of sp³-hybridized carbons (Fsp3) is 0.533. The highest BCUT2D eigenvalue weighted by Gasteiger charge is 2.27. The molecule has 20 heavy (non-hydrogen) atoms. The Bertz CT molecular complexity index is 452. The lowest BCUT2D eigenvalue weighted by Crippen LogP contribution is -2.39. The number of carbonyl (C=O) groups is 1. The van der Waals surface area contributed by atoms with Gasteiger partial charge in [0.15, 0.2) is 0 Å². The number of halogens is 1. The third-order valence-electron chi connectivity index (χ3n) is 3.66. The molecule has 1 aliphatic carbocycles. The second kappa shape index (κ2) is 7.50. The van der Waals surface area contributed by atoms with E-state index in [2.05, 4.69) is 5.32 Å². The number of aliphatic hydroxyl groups is 1. The van der Waals surface area contributed by atoms with Crippen molar-refractivity contribution in [2.45, 2.75) is 31.7 Å². The zero-order valence-corrected chi connectivity index (χ0v) is 12.1. The molecule has 0 spiro atoms. The molecular weight excluding hydrogens is 278 g/mol. The molecule has 0 saturated heterocycles. The summed E-state index contributed by atoms with van der Waals surface area (Å²) < 4.78 is 5.48. The highest BCUT2D eigenvalue weighted by Crippen LogP contribution is 2.25. The molecule has 2 rings (SSSR count). The largest absolute Gasteiger partial charge is 0.491 e. The van der Waals surface area contributed by atoms with E-state index in [0.717, 1.165) is 19.3 Å². The Balaban J connectivity index is 1.72. The molecule has 1 aliphatic rings. The number of aliphatic hydroxyl groups excluding tert-OH is 1. The number of rotatable bonds is 6. The van der Waals surface area contributed by atoms with Crippen LogP contribution in [0.3, 0.4) is 0 Å². The second-order valence-electron chi connectivity index (χ2n) is 5.08. The van der Waals surface area contributed by atoms with Gasteiger partial charge in [-0.2, -0.15) is 0 Å². The minimum atomic E-state index is -0.0394. The van der Waals surface area contributed by atoms with Crippen molar-refractivity contribution >= 4 is 17.5 Å². The maximum atomic E-state index is 11.8. The molecule has 1 amide bonds. The van der Waals surface area contributed by atoms with E-state index in [-0.39, 0.29) is 24.5 Å². The van der Waals surface area contributed by atoms with Gasteiger partial charge in [-0.05, 0) is 25.0 Å². The molecule has 1 saturated carbocycles. The first-order chi connectivity index (χ1) is 9.70. The summed E-state index contributed by atoms with van der Waals surface area (Å²) in [5, 5.41) is 12.7. The molecule has 0 radical (unpaired) electrons. The van der Waals surface area contributed by atoms with Crippen LogP contribution in [0.15, 0.2) is 24.3 Å². The Kier molecular flexibility index (Phi) is 5.68. The van der Waals surface area contributed by atoms with E-state index in [1.165, 1.54) is 0 Å². The normalized spacial score (nSPS) is 21.7. The van der Waals surface area contributed by atoms with Crippen LogP contribution in [0.1, 0.15) is 25.7 Å². The van der Waals surface area contributed by atoms with Crippen LogP contribution in [0, 0.1) is 5.92 Å². The van der Waals surface area contributed by atoms with Crippen molar-refractivity contribution in [3.05, 3.63) is 29.3 Å². The summed E-state index contributed by atoms with van der Waals surface area (Å²) in [6.45, 7) is 0.438. The smallest absolute Gasteiger partial charge is 0.223 e. The standard InChI is InChI=1S/C15H20ClNO3/c16-12-5-1-2-7-14(12)20-9-8-15(19)17-13-6-3-4-11(13)10-18/h1-2,5,7,11,13,18H,3-4,6,8-10H2,(H,17,19). The predicted octanol–water partition coefficient (Wildman–Crippen LogP) is 2.39. The third kappa shape index (κ3) is 4.12. The van der Waals surface area contributed by atoms with E-state index in [0.29, 0.717) is 23.8 Å². The molecule has 1 aromatic rings. The van der Waals surface area contributed by atoms with Crippen molar-refractivity contribution in [1.29, 1.82) is 0 Å². The van der Waals surface area contributed by atoms with Crippen LogP contribution >= 0.6 is 11.6 Å². The first-order valence-electron chi connectivity index (χ1n) is 6.98. The molecule has 0 heterocycles. The Morgan fingerprint density at radius 3 is 2.95 bits per heavy atom.